The van der Waals surface area contributed by atoms with Crippen molar-refractivity contribution in [3.8, 4) is 0 Å². The summed E-state index contributed by atoms with van der Waals surface area (Å²) in [6.07, 6.45) is 1.77. The van der Waals surface area contributed by atoms with E-state index in [1.807, 2.05) is 37.3 Å². The second-order valence-electron chi connectivity index (χ2n) is 6.64. The molecule has 26 heavy (non-hydrogen) atoms. The average Bonchev–Trinajstić information content (AvgIpc) is 3.28. The number of H-pyrrole nitrogens is 1. The topological polar surface area (TPSA) is 86.8 Å². The fraction of sp³-hybridized carbons (Fsp3) is 0.368. The second kappa shape index (κ2) is 6.74. The van der Waals surface area contributed by atoms with Gasteiger partial charge in [0, 0.05) is 36.3 Å². The van der Waals surface area contributed by atoms with Gasteiger partial charge in [-0.1, -0.05) is 25.1 Å². The lowest BCUT2D eigenvalue weighted by Crippen LogP contribution is -2.37. The minimum atomic E-state index is -0.137. The third-order valence-corrected chi connectivity index (χ3v) is 4.77. The highest BCUT2D eigenvalue weighted by molar-refractivity contribution is 6.04. The van der Waals surface area contributed by atoms with Crippen LogP contribution < -0.4 is 10.2 Å². The molecule has 3 heterocycles. The molecule has 3 aromatic rings. The molecule has 1 aliphatic heterocycles. The van der Waals surface area contributed by atoms with E-state index in [0.29, 0.717) is 5.69 Å². The van der Waals surface area contributed by atoms with Gasteiger partial charge in [-0.25, -0.2) is 9.97 Å². The van der Waals surface area contributed by atoms with Crippen LogP contribution in [-0.2, 0) is 6.42 Å². The molecule has 0 bridgehead atoms. The number of aromatic nitrogens is 4. The quantitative estimate of drug-likeness (QED) is 0.753. The van der Waals surface area contributed by atoms with Crippen molar-refractivity contribution in [3.05, 3.63) is 47.5 Å². The molecular formula is C19H22N6O. The van der Waals surface area contributed by atoms with Crippen LogP contribution in [0.2, 0.25) is 0 Å². The van der Waals surface area contributed by atoms with E-state index in [9.17, 15) is 4.79 Å². The zero-order chi connectivity index (χ0) is 18.1. The van der Waals surface area contributed by atoms with Gasteiger partial charge in [0.15, 0.2) is 5.69 Å². The maximum Gasteiger partial charge on any atom is 0.272 e. The SMILES string of the molecule is CCc1cc(N2CC[C@H](NC(=O)c3n[nH]c4ccccc34)C2)nc(C)n1. The van der Waals surface area contributed by atoms with Crippen molar-refractivity contribution in [3.63, 3.8) is 0 Å². The lowest BCUT2D eigenvalue weighted by Gasteiger charge is -2.18. The van der Waals surface area contributed by atoms with Crippen molar-refractivity contribution in [1.82, 2.24) is 25.5 Å². The number of hydrogen-bond acceptors (Lipinski definition) is 5. The van der Waals surface area contributed by atoms with Crippen LogP contribution in [0.4, 0.5) is 5.82 Å². The fourth-order valence-corrected chi connectivity index (χ4v) is 3.43. The first kappa shape index (κ1) is 16.5. The molecule has 2 N–H and O–H groups in total. The minimum absolute atomic E-state index is 0.0818. The van der Waals surface area contributed by atoms with Gasteiger partial charge in [-0.3, -0.25) is 9.89 Å². The van der Waals surface area contributed by atoms with Crippen molar-refractivity contribution >= 4 is 22.6 Å². The molecule has 4 rings (SSSR count). The van der Waals surface area contributed by atoms with Gasteiger partial charge in [-0.15, -0.1) is 0 Å². The van der Waals surface area contributed by atoms with Crippen LogP contribution in [0.1, 0.15) is 35.4 Å². The maximum absolute atomic E-state index is 12.6. The Balaban J connectivity index is 1.46. The molecule has 1 saturated heterocycles. The van der Waals surface area contributed by atoms with Gasteiger partial charge in [0.1, 0.15) is 11.6 Å². The van der Waals surface area contributed by atoms with E-state index in [2.05, 4.69) is 37.3 Å². The first-order valence-electron chi connectivity index (χ1n) is 8.97. The molecule has 1 amide bonds. The van der Waals surface area contributed by atoms with Crippen molar-refractivity contribution in [2.24, 2.45) is 0 Å². The normalized spacial score (nSPS) is 17.0. The maximum atomic E-state index is 12.6. The lowest BCUT2D eigenvalue weighted by molar-refractivity contribution is 0.0937. The Labute approximate surface area is 151 Å². The molecule has 7 heteroatoms. The molecule has 1 aliphatic rings. The zero-order valence-electron chi connectivity index (χ0n) is 15.0. The van der Waals surface area contributed by atoms with Gasteiger partial charge in [-0.05, 0) is 25.8 Å². The second-order valence-corrected chi connectivity index (χ2v) is 6.64. The van der Waals surface area contributed by atoms with Crippen molar-refractivity contribution in [1.29, 1.82) is 0 Å². The largest absolute Gasteiger partial charge is 0.354 e. The van der Waals surface area contributed by atoms with Crippen LogP contribution >= 0.6 is 0 Å². The fourth-order valence-electron chi connectivity index (χ4n) is 3.43. The van der Waals surface area contributed by atoms with Crippen LogP contribution in [0.25, 0.3) is 10.9 Å². The molecule has 0 saturated carbocycles. The molecule has 1 fully saturated rings. The van der Waals surface area contributed by atoms with E-state index < -0.39 is 0 Å². The van der Waals surface area contributed by atoms with E-state index in [1.165, 1.54) is 0 Å². The standard InChI is InChI=1S/C19H22N6O/c1-3-13-10-17(21-12(2)20-13)25-9-8-14(11-25)22-19(26)18-15-6-4-5-7-16(15)23-24-18/h4-7,10,14H,3,8-9,11H2,1-2H3,(H,22,26)(H,23,24)/t14-/m0/s1. The molecule has 7 nitrogen and oxygen atoms in total. The van der Waals surface area contributed by atoms with Gasteiger partial charge in [0.2, 0.25) is 0 Å². The predicted molar refractivity (Wildman–Crippen MR) is 100 cm³/mol. The van der Waals surface area contributed by atoms with E-state index in [4.69, 9.17) is 0 Å². The van der Waals surface area contributed by atoms with Crippen molar-refractivity contribution in [2.75, 3.05) is 18.0 Å². The van der Waals surface area contributed by atoms with Gasteiger partial charge in [-0.2, -0.15) is 5.10 Å². The molecular weight excluding hydrogens is 328 g/mol. The number of aryl methyl sites for hydroxylation is 2. The molecule has 0 aliphatic carbocycles. The molecule has 0 radical (unpaired) electrons. The summed E-state index contributed by atoms with van der Waals surface area (Å²) in [6.45, 7) is 5.62. The number of carbonyl (C=O) groups excluding carboxylic acids is 1. The predicted octanol–water partition coefficient (Wildman–Crippen LogP) is 2.23. The van der Waals surface area contributed by atoms with Crippen molar-refractivity contribution < 1.29 is 4.79 Å². The Hall–Kier alpha value is -2.96. The van der Waals surface area contributed by atoms with E-state index >= 15 is 0 Å². The summed E-state index contributed by atoms with van der Waals surface area (Å²) in [6, 6.07) is 9.78. The van der Waals surface area contributed by atoms with Crippen LogP contribution in [-0.4, -0.2) is 45.2 Å². The van der Waals surface area contributed by atoms with Gasteiger partial charge in [0.25, 0.3) is 5.91 Å². The zero-order valence-corrected chi connectivity index (χ0v) is 15.0. The summed E-state index contributed by atoms with van der Waals surface area (Å²) >= 11 is 0. The first-order valence-corrected chi connectivity index (χ1v) is 8.97. The molecule has 134 valence electrons. The van der Waals surface area contributed by atoms with Crippen LogP contribution in [0.5, 0.6) is 0 Å². The molecule has 2 aromatic heterocycles. The number of carbonyl (C=O) groups is 1. The number of aromatic amines is 1. The molecule has 0 unspecified atom stereocenters. The van der Waals surface area contributed by atoms with Crippen LogP contribution in [0, 0.1) is 6.92 Å². The summed E-state index contributed by atoms with van der Waals surface area (Å²) in [5.41, 5.74) is 2.36. The van der Waals surface area contributed by atoms with E-state index in [1.54, 1.807) is 0 Å². The monoisotopic (exact) mass is 350 g/mol. The molecule has 1 atom stereocenters. The lowest BCUT2D eigenvalue weighted by atomic mass is 10.2. The summed E-state index contributed by atoms with van der Waals surface area (Å²) < 4.78 is 0. The Kier molecular flexibility index (Phi) is 4.28. The number of nitrogens with one attached hydrogen (secondary N) is 2. The number of nitrogens with zero attached hydrogens (tertiary/aromatic N) is 4. The van der Waals surface area contributed by atoms with Crippen LogP contribution in [0.15, 0.2) is 30.3 Å². The highest BCUT2D eigenvalue weighted by atomic mass is 16.2. The number of fused-ring (bicyclic) bond motifs is 1. The molecule has 1 aromatic carbocycles. The number of benzene rings is 1. The van der Waals surface area contributed by atoms with Gasteiger partial charge in [0.05, 0.1) is 5.52 Å². The molecule has 0 spiro atoms. The highest BCUT2D eigenvalue weighted by Crippen LogP contribution is 2.20. The number of para-hydroxylation sites is 1. The summed E-state index contributed by atoms with van der Waals surface area (Å²) in [4.78, 5) is 23.8. The summed E-state index contributed by atoms with van der Waals surface area (Å²) in [7, 11) is 0. The number of anilines is 1. The third-order valence-electron chi connectivity index (χ3n) is 4.77. The average molecular weight is 350 g/mol. The van der Waals surface area contributed by atoms with Crippen LogP contribution in [0.3, 0.4) is 0 Å². The Morgan fingerprint density at radius 1 is 1.35 bits per heavy atom. The van der Waals surface area contributed by atoms with Gasteiger partial charge < -0.3 is 10.2 Å². The van der Waals surface area contributed by atoms with E-state index in [0.717, 1.165) is 54.2 Å². The summed E-state index contributed by atoms with van der Waals surface area (Å²) in [5, 5.41) is 11.0. The minimum Gasteiger partial charge on any atom is -0.354 e. The first-order chi connectivity index (χ1) is 12.6. The Bertz CT molecular complexity index is 950. The Morgan fingerprint density at radius 3 is 3.04 bits per heavy atom. The smallest absolute Gasteiger partial charge is 0.272 e. The van der Waals surface area contributed by atoms with Crippen molar-refractivity contribution in [2.45, 2.75) is 32.7 Å². The number of hydrogen-bond donors (Lipinski definition) is 2. The third kappa shape index (κ3) is 3.12. The summed E-state index contributed by atoms with van der Waals surface area (Å²) in [5.74, 6) is 1.59. The Morgan fingerprint density at radius 2 is 2.19 bits per heavy atom. The highest BCUT2D eigenvalue weighted by Gasteiger charge is 2.26. The van der Waals surface area contributed by atoms with E-state index in [-0.39, 0.29) is 11.9 Å². The number of amides is 1. The van der Waals surface area contributed by atoms with Gasteiger partial charge >= 0.3 is 0 Å². The number of rotatable bonds is 4.